The molecule has 2 aliphatic rings. The molecule has 0 fully saturated rings. The number of tetrazole rings is 1. The number of carbonyl (C=O) groups excluding carboxylic acids is 2. The van der Waals surface area contributed by atoms with E-state index in [1.54, 1.807) is 24.0 Å². The van der Waals surface area contributed by atoms with Gasteiger partial charge in [-0.25, -0.2) is 10.1 Å². The predicted octanol–water partition coefficient (Wildman–Crippen LogP) is 4.75. The summed E-state index contributed by atoms with van der Waals surface area (Å²) in [5.74, 6) is 0.0579. The van der Waals surface area contributed by atoms with E-state index >= 15 is 0 Å². The molecule has 0 spiro atoms. The van der Waals surface area contributed by atoms with E-state index in [0.29, 0.717) is 18.1 Å². The number of H-pyrrole nitrogens is 1. The fourth-order valence-corrected chi connectivity index (χ4v) is 5.60. The lowest BCUT2D eigenvalue weighted by molar-refractivity contribution is -0.141. The number of nitrogens with zero attached hydrogens (tertiary/aromatic N) is 5. The van der Waals surface area contributed by atoms with Crippen LogP contribution in [-0.4, -0.2) is 55.2 Å². The number of aryl methyl sites for hydroxylation is 1. The van der Waals surface area contributed by atoms with Crippen LogP contribution >= 0.6 is 27.5 Å². The molecular formula is C26H23BrClN7O4. The summed E-state index contributed by atoms with van der Waals surface area (Å²) in [5, 5.41) is 17.1. The number of imidazole rings is 1. The molecule has 1 aliphatic carbocycles. The lowest BCUT2D eigenvalue weighted by Crippen LogP contribution is -2.32. The molecule has 11 nitrogen and oxygen atoms in total. The predicted molar refractivity (Wildman–Crippen MR) is 146 cm³/mol. The van der Waals surface area contributed by atoms with Crippen molar-refractivity contribution in [2.45, 2.75) is 26.8 Å². The lowest BCUT2D eigenvalue weighted by atomic mass is 9.97. The van der Waals surface area contributed by atoms with Crippen LogP contribution in [-0.2, 0) is 22.5 Å². The van der Waals surface area contributed by atoms with Crippen molar-refractivity contribution in [1.29, 1.82) is 0 Å². The highest BCUT2D eigenvalue weighted by Gasteiger charge is 2.29. The first-order chi connectivity index (χ1) is 18.9. The lowest BCUT2D eigenvalue weighted by Gasteiger charge is -2.15. The topological polar surface area (TPSA) is 141 Å². The van der Waals surface area contributed by atoms with Crippen LogP contribution < -0.4 is 5.32 Å². The second-order valence-corrected chi connectivity index (χ2v) is 9.59. The van der Waals surface area contributed by atoms with Gasteiger partial charge >= 0.3 is 5.97 Å². The zero-order valence-corrected chi connectivity index (χ0v) is 23.3. The van der Waals surface area contributed by atoms with Gasteiger partial charge in [-0.15, -0.1) is 5.10 Å². The summed E-state index contributed by atoms with van der Waals surface area (Å²) in [5.41, 5.74) is 5.36. The van der Waals surface area contributed by atoms with Crippen molar-refractivity contribution >= 4 is 39.4 Å². The number of hydrogen-bond acceptors (Lipinski definition) is 8. The molecule has 200 valence electrons. The summed E-state index contributed by atoms with van der Waals surface area (Å²) in [7, 11) is 0. The van der Waals surface area contributed by atoms with Gasteiger partial charge < -0.3 is 19.0 Å². The van der Waals surface area contributed by atoms with Crippen LogP contribution in [0.4, 0.5) is 0 Å². The Morgan fingerprint density at radius 1 is 1.15 bits per heavy atom. The molecule has 0 atom stereocenters. The van der Waals surface area contributed by atoms with E-state index in [-0.39, 0.29) is 30.5 Å². The number of amides is 1. The summed E-state index contributed by atoms with van der Waals surface area (Å²) in [6.07, 6.45) is 3.79. The van der Waals surface area contributed by atoms with Crippen molar-refractivity contribution in [1.82, 2.24) is 35.5 Å². The van der Waals surface area contributed by atoms with Gasteiger partial charge in [0, 0.05) is 27.6 Å². The monoisotopic (exact) mass is 611 g/mol. The number of benzene rings is 1. The zero-order valence-electron chi connectivity index (χ0n) is 21.0. The smallest absolute Gasteiger partial charge is 0.325 e. The minimum atomic E-state index is -0.542. The summed E-state index contributed by atoms with van der Waals surface area (Å²) in [6, 6.07) is 9.62. The van der Waals surface area contributed by atoms with Gasteiger partial charge in [0.25, 0.3) is 5.91 Å². The SMILES string of the molecule is CCOC(=O)CNC(=O)c1c(Cl)nc(CC)n1Cc1c2ccocc-2c(Br)c1-c1ccccc1-c1nnn[nH]1. The fraction of sp³-hybridized carbons (Fsp3) is 0.231. The number of nitrogens with one attached hydrogen (secondary N) is 2. The number of halogens is 2. The van der Waals surface area contributed by atoms with E-state index in [4.69, 9.17) is 20.8 Å². The Balaban J connectivity index is 1.65. The molecule has 1 amide bonds. The van der Waals surface area contributed by atoms with Crippen molar-refractivity contribution in [3.05, 3.63) is 69.6 Å². The van der Waals surface area contributed by atoms with Crippen molar-refractivity contribution in [2.24, 2.45) is 0 Å². The van der Waals surface area contributed by atoms with Gasteiger partial charge in [-0.05, 0) is 56.0 Å². The molecule has 0 unspecified atom stereocenters. The Kier molecular flexibility index (Phi) is 7.75. The first-order valence-corrected chi connectivity index (χ1v) is 13.3. The summed E-state index contributed by atoms with van der Waals surface area (Å²) >= 11 is 10.3. The van der Waals surface area contributed by atoms with Crippen LogP contribution in [0.5, 0.6) is 0 Å². The first-order valence-electron chi connectivity index (χ1n) is 12.1. The Bertz CT molecular complexity index is 1610. The zero-order chi connectivity index (χ0) is 27.5. The maximum atomic E-state index is 13.2. The van der Waals surface area contributed by atoms with Crippen LogP contribution in [0.25, 0.3) is 33.6 Å². The molecule has 3 aromatic rings. The summed E-state index contributed by atoms with van der Waals surface area (Å²) < 4.78 is 13.0. The van der Waals surface area contributed by atoms with Crippen LogP contribution in [0.2, 0.25) is 5.15 Å². The van der Waals surface area contributed by atoms with Crippen LogP contribution in [0.1, 0.15) is 35.7 Å². The van der Waals surface area contributed by atoms with Gasteiger partial charge in [-0.2, -0.15) is 0 Å². The van der Waals surface area contributed by atoms with Gasteiger partial charge in [-0.3, -0.25) is 9.59 Å². The third-order valence-corrected chi connectivity index (χ3v) is 7.31. The Morgan fingerprint density at radius 2 is 1.95 bits per heavy atom. The number of aromatic nitrogens is 6. The minimum Gasteiger partial charge on any atom is -0.472 e. The number of aromatic amines is 1. The standard InChI is InChI=1S/C26H23BrClN7O4/c1-3-19-30-24(28)23(26(37)29-11-20(36)39-4-2)35(19)12-17-14-9-10-38-13-18(14)22(27)21(17)15-7-5-6-8-16(15)25-31-33-34-32-25/h5-10,13H,3-4,11-12H2,1-2H3,(H,29,37)(H,31,32,33,34). The van der Waals surface area contributed by atoms with Gasteiger partial charge in [-0.1, -0.05) is 42.8 Å². The number of rotatable bonds is 9. The highest BCUT2D eigenvalue weighted by atomic mass is 79.9. The highest BCUT2D eigenvalue weighted by molar-refractivity contribution is 9.10. The molecule has 13 heteroatoms. The molecule has 1 aliphatic heterocycles. The molecule has 0 saturated carbocycles. The van der Waals surface area contributed by atoms with E-state index in [1.807, 2.05) is 37.3 Å². The fourth-order valence-electron chi connectivity index (χ4n) is 4.56. The average molecular weight is 613 g/mol. The number of carbonyl (C=O) groups is 2. The van der Waals surface area contributed by atoms with Crippen LogP contribution in [0.3, 0.4) is 0 Å². The number of esters is 1. The third kappa shape index (κ3) is 5.04. The Hall–Kier alpha value is -4.03. The number of ether oxygens (including phenoxy) is 1. The highest BCUT2D eigenvalue weighted by Crippen LogP contribution is 2.48. The first kappa shape index (κ1) is 26.6. The van der Waals surface area contributed by atoms with Crippen molar-refractivity contribution in [3.63, 3.8) is 0 Å². The second kappa shape index (κ2) is 11.4. The molecule has 0 bridgehead atoms. The van der Waals surface area contributed by atoms with Crippen molar-refractivity contribution < 1.29 is 18.7 Å². The molecule has 5 rings (SSSR count). The van der Waals surface area contributed by atoms with Crippen molar-refractivity contribution in [2.75, 3.05) is 13.2 Å². The van der Waals surface area contributed by atoms with Crippen LogP contribution in [0.15, 0.2) is 51.7 Å². The van der Waals surface area contributed by atoms with E-state index in [2.05, 4.69) is 46.9 Å². The van der Waals surface area contributed by atoms with Gasteiger partial charge in [0.2, 0.25) is 0 Å². The minimum absolute atomic E-state index is 0.0489. The summed E-state index contributed by atoms with van der Waals surface area (Å²) in [4.78, 5) is 29.5. The quantitative estimate of drug-likeness (QED) is 0.227. The van der Waals surface area contributed by atoms with E-state index in [9.17, 15) is 9.59 Å². The third-order valence-electron chi connectivity index (χ3n) is 6.22. The van der Waals surface area contributed by atoms with Crippen LogP contribution in [0, 0.1) is 0 Å². The molecule has 3 heterocycles. The molecule has 2 N–H and O–H groups in total. The van der Waals surface area contributed by atoms with Gasteiger partial charge in [0.05, 0.1) is 25.7 Å². The maximum absolute atomic E-state index is 13.2. The average Bonchev–Trinajstić information content (AvgIpc) is 3.65. The Labute approximate surface area is 236 Å². The number of hydrogen-bond donors (Lipinski definition) is 2. The summed E-state index contributed by atoms with van der Waals surface area (Å²) in [6.45, 7) is 3.82. The molecule has 0 radical (unpaired) electrons. The van der Waals surface area contributed by atoms with Gasteiger partial charge in [0.1, 0.15) is 18.1 Å². The molecule has 1 aromatic carbocycles. The van der Waals surface area contributed by atoms with E-state index in [1.165, 1.54) is 0 Å². The maximum Gasteiger partial charge on any atom is 0.325 e. The van der Waals surface area contributed by atoms with Crippen molar-refractivity contribution in [3.8, 4) is 33.6 Å². The Morgan fingerprint density at radius 3 is 2.67 bits per heavy atom. The second-order valence-electron chi connectivity index (χ2n) is 8.44. The van der Waals surface area contributed by atoms with E-state index < -0.39 is 11.9 Å². The van der Waals surface area contributed by atoms with Gasteiger partial charge in [0.15, 0.2) is 11.0 Å². The normalized spacial score (nSPS) is 11.2. The van der Waals surface area contributed by atoms with E-state index in [0.717, 1.165) is 37.9 Å². The molecule has 2 aromatic heterocycles. The molecular weight excluding hydrogens is 590 g/mol. The molecule has 0 saturated heterocycles. The number of fused-ring (bicyclic) bond motifs is 1. The largest absolute Gasteiger partial charge is 0.472 e. The molecule has 39 heavy (non-hydrogen) atoms.